The summed E-state index contributed by atoms with van der Waals surface area (Å²) in [4.78, 5) is 59.6. The molecular weight excluding hydrogens is 622 g/mol. The van der Waals surface area contributed by atoms with Gasteiger partial charge in [-0.3, -0.25) is 19.2 Å². The van der Waals surface area contributed by atoms with E-state index in [1.54, 1.807) is 30.4 Å². The number of cyclic esters (lactones) is 1. The number of aliphatic hydroxyl groups excluding tert-OH is 1. The van der Waals surface area contributed by atoms with Gasteiger partial charge in [0.2, 0.25) is 11.8 Å². The average molecular weight is 662 g/mol. The third kappa shape index (κ3) is 5.76. The van der Waals surface area contributed by atoms with Crippen molar-refractivity contribution in [3.05, 3.63) is 89.0 Å². The van der Waals surface area contributed by atoms with Crippen molar-refractivity contribution >= 4 is 41.0 Å². The van der Waals surface area contributed by atoms with Gasteiger partial charge in [-0.05, 0) is 36.5 Å². The van der Waals surface area contributed by atoms with Crippen LogP contribution in [-0.4, -0.2) is 77.2 Å². The first-order chi connectivity index (χ1) is 22.6. The molecule has 2 aromatic carbocycles. The van der Waals surface area contributed by atoms with E-state index in [0.717, 1.165) is 5.56 Å². The van der Waals surface area contributed by atoms with Gasteiger partial charge in [0.1, 0.15) is 23.7 Å². The third-order valence-corrected chi connectivity index (χ3v) is 10.1. The topological polar surface area (TPSA) is 125 Å². The first kappa shape index (κ1) is 32.9. The monoisotopic (exact) mass is 661 g/mol. The number of ether oxygens (including phenoxy) is 2. The summed E-state index contributed by atoms with van der Waals surface area (Å²) >= 11 is 6.73. The van der Waals surface area contributed by atoms with Crippen molar-refractivity contribution in [3.8, 4) is 0 Å². The van der Waals surface area contributed by atoms with Crippen LogP contribution in [0, 0.1) is 24.7 Å². The number of hydrogen-bond donors (Lipinski definition) is 2. The zero-order valence-corrected chi connectivity index (χ0v) is 27.4. The van der Waals surface area contributed by atoms with Crippen LogP contribution >= 0.6 is 11.6 Å². The third-order valence-electron chi connectivity index (χ3n) is 9.76. The number of fused-ring (bicyclic) bond motifs is 2. The maximum Gasteiger partial charge on any atom is 0.313 e. The highest BCUT2D eigenvalue weighted by Crippen LogP contribution is 2.56. The Kier molecular flexibility index (Phi) is 9.29. The van der Waals surface area contributed by atoms with E-state index in [1.165, 1.54) is 9.80 Å². The molecule has 10 nitrogen and oxygen atoms in total. The second-order valence-corrected chi connectivity index (χ2v) is 13.4. The van der Waals surface area contributed by atoms with Gasteiger partial charge in [-0.15, -0.1) is 0 Å². The summed E-state index contributed by atoms with van der Waals surface area (Å²) in [6.07, 6.45) is 6.06. The van der Waals surface area contributed by atoms with E-state index in [4.69, 9.17) is 21.1 Å². The molecule has 11 heteroatoms. The van der Waals surface area contributed by atoms with Gasteiger partial charge in [0, 0.05) is 13.0 Å². The number of anilines is 1. The van der Waals surface area contributed by atoms with Crippen LogP contribution in [0.1, 0.15) is 43.9 Å². The number of aryl methyl sites for hydroxylation is 1. The molecule has 4 heterocycles. The molecular formula is C36H40ClN3O7. The minimum atomic E-state index is -1.48. The Hall–Kier alpha value is -3.99. The lowest BCUT2D eigenvalue weighted by atomic mass is 9.74. The van der Waals surface area contributed by atoms with Crippen LogP contribution in [0.5, 0.6) is 0 Å². The molecule has 0 unspecified atom stereocenters. The number of rotatable bonds is 5. The summed E-state index contributed by atoms with van der Waals surface area (Å²) in [7, 11) is 0. The fourth-order valence-electron chi connectivity index (χ4n) is 7.46. The molecule has 2 N–H and O–H groups in total. The Morgan fingerprint density at radius 3 is 2.51 bits per heavy atom. The lowest BCUT2D eigenvalue weighted by molar-refractivity contribution is -0.160. The van der Waals surface area contributed by atoms with Gasteiger partial charge in [-0.1, -0.05) is 92.2 Å². The normalized spacial score (nSPS) is 30.8. The minimum Gasteiger partial charge on any atom is -0.455 e. The zero-order chi connectivity index (χ0) is 33.5. The number of likely N-dealkylation sites (tertiary alicyclic amines) is 1. The number of carbonyl (C=O) groups excluding carboxylic acids is 4. The number of halogens is 1. The van der Waals surface area contributed by atoms with Crippen LogP contribution in [0.25, 0.3) is 0 Å². The van der Waals surface area contributed by atoms with Crippen molar-refractivity contribution in [2.75, 3.05) is 24.6 Å². The van der Waals surface area contributed by atoms with E-state index in [-0.39, 0.29) is 37.9 Å². The Labute approximate surface area is 279 Å². The summed E-state index contributed by atoms with van der Waals surface area (Å²) in [5.74, 6) is -4.13. The zero-order valence-electron chi connectivity index (χ0n) is 26.7. The number of benzene rings is 2. The van der Waals surface area contributed by atoms with Crippen molar-refractivity contribution in [2.24, 2.45) is 17.8 Å². The molecule has 248 valence electrons. The second-order valence-electron chi connectivity index (χ2n) is 12.9. The number of allylic oxidation sites excluding steroid dienone is 1. The highest BCUT2D eigenvalue weighted by Gasteiger charge is 2.74. The van der Waals surface area contributed by atoms with Gasteiger partial charge in [-0.25, -0.2) is 0 Å². The molecule has 3 amide bonds. The van der Waals surface area contributed by atoms with Gasteiger partial charge < -0.3 is 29.7 Å². The summed E-state index contributed by atoms with van der Waals surface area (Å²) in [5, 5.41) is 13.8. The Morgan fingerprint density at radius 2 is 1.81 bits per heavy atom. The molecule has 2 aromatic rings. The van der Waals surface area contributed by atoms with Gasteiger partial charge in [-0.2, -0.15) is 0 Å². The number of amides is 3. The fraction of sp³-hybridized carbons (Fsp3) is 0.444. The van der Waals surface area contributed by atoms with Crippen molar-refractivity contribution in [3.63, 3.8) is 0 Å². The van der Waals surface area contributed by atoms with Crippen LogP contribution < -0.4 is 10.2 Å². The minimum absolute atomic E-state index is 0.0445. The quantitative estimate of drug-likeness (QED) is 0.368. The Balaban J connectivity index is 1.49. The van der Waals surface area contributed by atoms with E-state index >= 15 is 4.79 Å². The maximum absolute atomic E-state index is 15.1. The SMILES string of the molecule is Cc1cccc(Cl)c1N1C/C=C\CCC(=O)NC[C@@H](c2ccccc2)OC(=O)[C@@H]2[C@@H]3C=C[C@]4(O3)[C@H](C1=O)N([C@@H](CO)C(C)C)C(=O)[C@@H]24. The number of hydrogen-bond acceptors (Lipinski definition) is 7. The molecule has 0 aliphatic carbocycles. The first-order valence-corrected chi connectivity index (χ1v) is 16.5. The van der Waals surface area contributed by atoms with E-state index in [1.807, 2.05) is 63.2 Å². The number of carbonyl (C=O) groups is 4. The molecule has 47 heavy (non-hydrogen) atoms. The average Bonchev–Trinajstić information content (AvgIpc) is 3.69. The van der Waals surface area contributed by atoms with Crippen molar-refractivity contribution in [1.29, 1.82) is 0 Å². The Morgan fingerprint density at radius 1 is 1.04 bits per heavy atom. The standard InChI is InChI=1S/C36H40ClN3O7/c1-21(2)25(20-41)40-32-34(44)39(31-22(3)11-10-14-24(31)37)18-9-5-8-15-28(42)38-19-27(23-12-6-4-7-13-23)46-35(45)29-26-16-17-36(32,47-26)30(29)33(40)43/h4-7,9-14,16-17,21,25-27,29-30,32,41H,8,15,18-20H2,1-3H3,(H,38,42)/b9-5-/t25-,26-,27-,29+,30+,32-,36+/m0/s1. The maximum atomic E-state index is 15.1. The smallest absolute Gasteiger partial charge is 0.313 e. The molecule has 4 aliphatic rings. The molecule has 1 spiro atoms. The number of aliphatic hydroxyl groups is 1. The summed E-state index contributed by atoms with van der Waals surface area (Å²) in [5.41, 5.74) is 0.436. The van der Waals surface area contributed by atoms with Crippen molar-refractivity contribution < 1.29 is 33.8 Å². The predicted octanol–water partition coefficient (Wildman–Crippen LogP) is 3.90. The predicted molar refractivity (Wildman–Crippen MR) is 175 cm³/mol. The van der Waals surface area contributed by atoms with Crippen LogP contribution in [0.15, 0.2) is 72.8 Å². The highest BCUT2D eigenvalue weighted by molar-refractivity contribution is 6.34. The van der Waals surface area contributed by atoms with E-state index in [9.17, 15) is 19.5 Å². The summed E-state index contributed by atoms with van der Waals surface area (Å²) < 4.78 is 12.6. The Bertz CT molecular complexity index is 1590. The van der Waals surface area contributed by atoms with Gasteiger partial charge in [0.05, 0.1) is 41.9 Å². The van der Waals surface area contributed by atoms with E-state index < -0.39 is 59.5 Å². The van der Waals surface area contributed by atoms with Crippen LogP contribution in [0.3, 0.4) is 0 Å². The number of esters is 1. The van der Waals surface area contributed by atoms with Crippen LogP contribution in [-0.2, 0) is 28.7 Å². The first-order valence-electron chi connectivity index (χ1n) is 16.1. The molecule has 7 atom stereocenters. The number of nitrogens with one attached hydrogen (secondary N) is 1. The van der Waals surface area contributed by atoms with Crippen LogP contribution in [0.2, 0.25) is 5.02 Å². The van der Waals surface area contributed by atoms with E-state index in [0.29, 0.717) is 22.7 Å². The molecule has 0 saturated carbocycles. The molecule has 0 aromatic heterocycles. The van der Waals surface area contributed by atoms with E-state index in [2.05, 4.69) is 5.32 Å². The molecule has 2 saturated heterocycles. The molecule has 5 bridgehead atoms. The lowest BCUT2D eigenvalue weighted by Gasteiger charge is -2.40. The van der Waals surface area contributed by atoms with Gasteiger partial charge >= 0.3 is 5.97 Å². The molecule has 4 aliphatic heterocycles. The summed E-state index contributed by atoms with van der Waals surface area (Å²) in [6, 6.07) is 12.5. The number of para-hydroxylation sites is 1. The van der Waals surface area contributed by atoms with Gasteiger partial charge in [0.15, 0.2) is 0 Å². The largest absolute Gasteiger partial charge is 0.455 e. The van der Waals surface area contributed by atoms with Crippen molar-refractivity contribution in [2.45, 2.75) is 63.5 Å². The van der Waals surface area contributed by atoms with Crippen molar-refractivity contribution in [1.82, 2.24) is 10.2 Å². The lowest BCUT2D eigenvalue weighted by Crippen LogP contribution is -2.59. The number of nitrogens with zero attached hydrogens (tertiary/aromatic N) is 2. The molecule has 6 rings (SSSR count). The second kappa shape index (κ2) is 13.3. The van der Waals surface area contributed by atoms with Crippen LogP contribution in [0.4, 0.5) is 5.69 Å². The molecule has 0 radical (unpaired) electrons. The fourth-order valence-corrected chi connectivity index (χ4v) is 7.78. The highest BCUT2D eigenvalue weighted by atomic mass is 35.5. The summed E-state index contributed by atoms with van der Waals surface area (Å²) in [6.45, 7) is 5.35. The van der Waals surface area contributed by atoms with Gasteiger partial charge in [0.25, 0.3) is 5.91 Å². The molecule has 2 fully saturated rings.